The van der Waals surface area contributed by atoms with Crippen LogP contribution in [-0.2, 0) is 16.0 Å². The Morgan fingerprint density at radius 3 is 2.71 bits per heavy atom. The average Bonchev–Trinajstić information content (AvgIpc) is 2.52. The maximum Gasteiger partial charge on any atom is 0.422 e. The summed E-state index contributed by atoms with van der Waals surface area (Å²) in [4.78, 5) is 24.9. The molecule has 132 valence electrons. The molecule has 0 radical (unpaired) electrons. The van der Waals surface area contributed by atoms with E-state index in [-0.39, 0.29) is 18.1 Å². The highest BCUT2D eigenvalue weighted by Crippen LogP contribution is 2.22. The SMILES string of the molecule is O=C(O)[C@H]1CCCCN1C(=O)Cc1cccc(OCC(F)(F)F)c1. The maximum absolute atomic E-state index is 12.4. The Labute approximate surface area is 137 Å². The quantitative estimate of drug-likeness (QED) is 0.891. The normalized spacial score (nSPS) is 18.3. The van der Waals surface area contributed by atoms with Crippen molar-refractivity contribution in [3.63, 3.8) is 0 Å². The van der Waals surface area contributed by atoms with E-state index in [1.165, 1.54) is 23.1 Å². The molecular weight excluding hydrogens is 327 g/mol. The summed E-state index contributed by atoms with van der Waals surface area (Å²) in [5, 5.41) is 9.19. The van der Waals surface area contributed by atoms with Crippen LogP contribution < -0.4 is 4.74 Å². The summed E-state index contributed by atoms with van der Waals surface area (Å²) < 4.78 is 41.2. The van der Waals surface area contributed by atoms with Gasteiger partial charge < -0.3 is 14.7 Å². The average molecular weight is 345 g/mol. The van der Waals surface area contributed by atoms with Crippen molar-refractivity contribution in [2.75, 3.05) is 13.2 Å². The van der Waals surface area contributed by atoms with Gasteiger partial charge in [0.15, 0.2) is 6.61 Å². The Balaban J connectivity index is 2.02. The van der Waals surface area contributed by atoms with Gasteiger partial charge in [-0.25, -0.2) is 4.79 Å². The van der Waals surface area contributed by atoms with Crippen molar-refractivity contribution in [1.82, 2.24) is 4.90 Å². The third kappa shape index (κ3) is 5.14. The highest BCUT2D eigenvalue weighted by molar-refractivity contribution is 5.85. The van der Waals surface area contributed by atoms with Crippen LogP contribution in [0.3, 0.4) is 0 Å². The fourth-order valence-electron chi connectivity index (χ4n) is 2.67. The van der Waals surface area contributed by atoms with Crippen LogP contribution in [0.25, 0.3) is 0 Å². The summed E-state index contributed by atoms with van der Waals surface area (Å²) in [6, 6.07) is 5.00. The third-order valence-corrected chi connectivity index (χ3v) is 3.76. The zero-order chi connectivity index (χ0) is 17.7. The predicted octanol–water partition coefficient (Wildman–Crippen LogP) is 2.64. The van der Waals surface area contributed by atoms with Gasteiger partial charge in [0.2, 0.25) is 5.91 Å². The first-order chi connectivity index (χ1) is 11.3. The van der Waals surface area contributed by atoms with Gasteiger partial charge in [-0.15, -0.1) is 0 Å². The number of alkyl halides is 3. The number of nitrogens with zero attached hydrogens (tertiary/aromatic N) is 1. The molecule has 0 aromatic heterocycles. The number of piperidine rings is 1. The van der Waals surface area contributed by atoms with Crippen LogP contribution in [0, 0.1) is 0 Å². The van der Waals surface area contributed by atoms with E-state index in [1.807, 2.05) is 0 Å². The minimum Gasteiger partial charge on any atom is -0.484 e. The molecule has 0 aliphatic carbocycles. The second-order valence-corrected chi connectivity index (χ2v) is 5.66. The van der Waals surface area contributed by atoms with E-state index >= 15 is 0 Å². The summed E-state index contributed by atoms with van der Waals surface area (Å²) in [5.74, 6) is -1.37. The number of carboxylic acid groups (broad SMARTS) is 1. The molecule has 8 heteroatoms. The lowest BCUT2D eigenvalue weighted by molar-refractivity contribution is -0.153. The number of ether oxygens (including phenoxy) is 1. The molecule has 1 aromatic rings. The number of carbonyl (C=O) groups excluding carboxylic acids is 1. The van der Waals surface area contributed by atoms with Gasteiger partial charge in [-0.3, -0.25) is 4.79 Å². The number of amides is 1. The summed E-state index contributed by atoms with van der Waals surface area (Å²) in [7, 11) is 0. The monoisotopic (exact) mass is 345 g/mol. The second-order valence-electron chi connectivity index (χ2n) is 5.66. The fraction of sp³-hybridized carbons (Fsp3) is 0.500. The lowest BCUT2D eigenvalue weighted by Crippen LogP contribution is -2.48. The zero-order valence-electron chi connectivity index (χ0n) is 12.9. The van der Waals surface area contributed by atoms with Gasteiger partial charge in [0.05, 0.1) is 6.42 Å². The van der Waals surface area contributed by atoms with E-state index < -0.39 is 24.8 Å². The molecule has 1 aliphatic heterocycles. The maximum atomic E-state index is 12.4. The Morgan fingerprint density at radius 1 is 1.29 bits per heavy atom. The zero-order valence-corrected chi connectivity index (χ0v) is 12.9. The minimum absolute atomic E-state index is 0.0195. The van der Waals surface area contributed by atoms with Crippen LogP contribution in [0.15, 0.2) is 24.3 Å². The molecule has 1 fully saturated rings. The van der Waals surface area contributed by atoms with Crippen molar-refractivity contribution >= 4 is 11.9 Å². The minimum atomic E-state index is -4.44. The molecule has 0 saturated carbocycles. The summed E-state index contributed by atoms with van der Waals surface area (Å²) in [5.41, 5.74) is 0.481. The molecule has 1 saturated heterocycles. The van der Waals surface area contributed by atoms with Crippen LogP contribution in [0.5, 0.6) is 5.75 Å². The fourth-order valence-corrected chi connectivity index (χ4v) is 2.67. The smallest absolute Gasteiger partial charge is 0.422 e. The van der Waals surface area contributed by atoms with E-state index in [0.717, 1.165) is 12.8 Å². The lowest BCUT2D eigenvalue weighted by atomic mass is 10.0. The van der Waals surface area contributed by atoms with Gasteiger partial charge in [-0.1, -0.05) is 12.1 Å². The largest absolute Gasteiger partial charge is 0.484 e. The Kier molecular flexibility index (Phi) is 5.69. The van der Waals surface area contributed by atoms with Gasteiger partial charge in [0, 0.05) is 6.54 Å². The molecule has 1 aromatic carbocycles. The second kappa shape index (κ2) is 7.55. The van der Waals surface area contributed by atoms with E-state index in [2.05, 4.69) is 4.74 Å². The Hall–Kier alpha value is -2.25. The van der Waals surface area contributed by atoms with Crippen molar-refractivity contribution in [1.29, 1.82) is 0 Å². The number of carbonyl (C=O) groups is 2. The predicted molar refractivity (Wildman–Crippen MR) is 78.7 cm³/mol. The highest BCUT2D eigenvalue weighted by Gasteiger charge is 2.32. The molecule has 0 spiro atoms. The molecule has 2 rings (SSSR count). The van der Waals surface area contributed by atoms with E-state index in [0.29, 0.717) is 18.5 Å². The first-order valence-corrected chi connectivity index (χ1v) is 7.57. The molecule has 1 heterocycles. The number of aliphatic carboxylic acids is 1. The number of likely N-dealkylation sites (tertiary alicyclic amines) is 1. The van der Waals surface area contributed by atoms with Crippen LogP contribution in [0.1, 0.15) is 24.8 Å². The van der Waals surface area contributed by atoms with Crippen molar-refractivity contribution in [2.24, 2.45) is 0 Å². The van der Waals surface area contributed by atoms with Gasteiger partial charge in [0.25, 0.3) is 0 Å². The van der Waals surface area contributed by atoms with E-state index in [1.54, 1.807) is 6.07 Å². The Morgan fingerprint density at radius 2 is 2.04 bits per heavy atom. The molecule has 1 amide bonds. The molecule has 1 N–H and O–H groups in total. The molecule has 0 bridgehead atoms. The number of rotatable bonds is 5. The van der Waals surface area contributed by atoms with Crippen molar-refractivity contribution in [3.8, 4) is 5.75 Å². The molecule has 1 aliphatic rings. The standard InChI is InChI=1S/C16H18F3NO4/c17-16(18,19)10-24-12-5-3-4-11(8-12)9-14(21)20-7-2-1-6-13(20)15(22)23/h3-5,8,13H,1-2,6-7,9-10H2,(H,22,23)/t13-/m1/s1. The number of hydrogen-bond acceptors (Lipinski definition) is 3. The van der Waals surface area contributed by atoms with Crippen molar-refractivity contribution in [2.45, 2.75) is 37.9 Å². The first kappa shape index (κ1) is 18.1. The molecule has 24 heavy (non-hydrogen) atoms. The topological polar surface area (TPSA) is 66.8 Å². The van der Waals surface area contributed by atoms with Crippen LogP contribution in [0.4, 0.5) is 13.2 Å². The first-order valence-electron chi connectivity index (χ1n) is 7.57. The van der Waals surface area contributed by atoms with Crippen molar-refractivity contribution < 1.29 is 32.6 Å². The molecule has 5 nitrogen and oxygen atoms in total. The number of benzene rings is 1. The number of hydrogen-bond donors (Lipinski definition) is 1. The van der Waals surface area contributed by atoms with Crippen LogP contribution in [0.2, 0.25) is 0 Å². The third-order valence-electron chi connectivity index (χ3n) is 3.76. The van der Waals surface area contributed by atoms with Gasteiger partial charge in [-0.05, 0) is 37.0 Å². The van der Waals surface area contributed by atoms with E-state index in [9.17, 15) is 27.9 Å². The molecule has 1 atom stereocenters. The Bertz CT molecular complexity index is 603. The summed E-state index contributed by atoms with van der Waals surface area (Å²) in [6.07, 6.45) is -2.61. The summed E-state index contributed by atoms with van der Waals surface area (Å²) in [6.45, 7) is -1.03. The number of carboxylic acids is 1. The lowest BCUT2D eigenvalue weighted by Gasteiger charge is -2.33. The molecule has 0 unspecified atom stereocenters. The van der Waals surface area contributed by atoms with E-state index in [4.69, 9.17) is 0 Å². The van der Waals surface area contributed by atoms with Crippen LogP contribution in [-0.4, -0.2) is 47.3 Å². The molecular formula is C16H18F3NO4. The van der Waals surface area contributed by atoms with Crippen molar-refractivity contribution in [3.05, 3.63) is 29.8 Å². The van der Waals surface area contributed by atoms with Crippen LogP contribution >= 0.6 is 0 Å². The summed E-state index contributed by atoms with van der Waals surface area (Å²) >= 11 is 0. The van der Waals surface area contributed by atoms with Gasteiger partial charge >= 0.3 is 12.1 Å². The van der Waals surface area contributed by atoms with Gasteiger partial charge in [-0.2, -0.15) is 13.2 Å². The highest BCUT2D eigenvalue weighted by atomic mass is 19.4. The van der Waals surface area contributed by atoms with Gasteiger partial charge in [0.1, 0.15) is 11.8 Å². The number of halogens is 3.